The number of hydrogen-bond donors (Lipinski definition) is 2. The summed E-state index contributed by atoms with van der Waals surface area (Å²) in [6, 6.07) is 7.58. The van der Waals surface area contributed by atoms with Crippen LogP contribution in [0.25, 0.3) is 0 Å². The van der Waals surface area contributed by atoms with Gasteiger partial charge in [0.1, 0.15) is 5.82 Å². The van der Waals surface area contributed by atoms with Gasteiger partial charge in [0.2, 0.25) is 0 Å². The normalized spacial score (nSPS) is 11.2. The zero-order valence-corrected chi connectivity index (χ0v) is 17.9. The highest BCUT2D eigenvalue weighted by atomic mass is 79.9. The SMILES string of the molecule is CNC(=O)c1ccc(C)c(Nc2nccc(N(C)CC(C)(C)C)c2Br)c1. The summed E-state index contributed by atoms with van der Waals surface area (Å²) in [6.07, 6.45) is 1.79. The first-order valence-electron chi connectivity index (χ1n) is 8.58. The van der Waals surface area contributed by atoms with E-state index < -0.39 is 0 Å². The van der Waals surface area contributed by atoms with E-state index in [-0.39, 0.29) is 11.3 Å². The third-order valence-corrected chi connectivity index (χ3v) is 4.75. The molecule has 1 amide bonds. The fraction of sp³-hybridized carbons (Fsp3) is 0.400. The molecule has 0 spiro atoms. The molecule has 0 aliphatic carbocycles. The lowest BCUT2D eigenvalue weighted by Gasteiger charge is -2.29. The third kappa shape index (κ3) is 4.97. The van der Waals surface area contributed by atoms with Crippen LogP contribution in [-0.2, 0) is 0 Å². The molecule has 0 bridgehead atoms. The molecule has 140 valence electrons. The van der Waals surface area contributed by atoms with Crippen molar-refractivity contribution < 1.29 is 4.79 Å². The Balaban J connectivity index is 2.34. The number of amides is 1. The molecule has 2 aromatic rings. The molecule has 0 radical (unpaired) electrons. The van der Waals surface area contributed by atoms with Crippen LogP contribution in [-0.4, -0.2) is 31.5 Å². The summed E-state index contributed by atoms with van der Waals surface area (Å²) in [5.74, 6) is 0.610. The Kier molecular flexibility index (Phi) is 6.29. The van der Waals surface area contributed by atoms with E-state index in [1.54, 1.807) is 13.2 Å². The van der Waals surface area contributed by atoms with E-state index >= 15 is 0 Å². The Bertz CT molecular complexity index is 799. The van der Waals surface area contributed by atoms with Crippen LogP contribution in [0.4, 0.5) is 17.2 Å². The molecule has 0 saturated carbocycles. The largest absolute Gasteiger partial charge is 0.373 e. The monoisotopic (exact) mass is 418 g/mol. The molecular formula is C20H27BrN4O. The zero-order chi connectivity index (χ0) is 19.5. The summed E-state index contributed by atoms with van der Waals surface area (Å²) in [4.78, 5) is 18.6. The number of carbonyl (C=O) groups excluding carboxylic acids is 1. The summed E-state index contributed by atoms with van der Waals surface area (Å²) in [5, 5.41) is 6.00. The van der Waals surface area contributed by atoms with Crippen LogP contribution in [0.3, 0.4) is 0 Å². The molecule has 1 heterocycles. The zero-order valence-electron chi connectivity index (χ0n) is 16.3. The van der Waals surface area contributed by atoms with Gasteiger partial charge in [0.05, 0.1) is 10.2 Å². The molecule has 0 fully saturated rings. The molecule has 5 nitrogen and oxygen atoms in total. The smallest absolute Gasteiger partial charge is 0.251 e. The number of hydrogen-bond acceptors (Lipinski definition) is 4. The molecule has 1 aromatic heterocycles. The van der Waals surface area contributed by atoms with Crippen molar-refractivity contribution in [2.45, 2.75) is 27.7 Å². The third-order valence-electron chi connectivity index (χ3n) is 3.97. The fourth-order valence-corrected chi connectivity index (χ4v) is 3.42. The van der Waals surface area contributed by atoms with Gasteiger partial charge in [0.15, 0.2) is 0 Å². The average molecular weight is 419 g/mol. The highest BCUT2D eigenvalue weighted by Crippen LogP contribution is 2.34. The topological polar surface area (TPSA) is 57.3 Å². The Hall–Kier alpha value is -2.08. The Morgan fingerprint density at radius 3 is 2.58 bits per heavy atom. The first-order chi connectivity index (χ1) is 12.1. The molecular weight excluding hydrogens is 392 g/mol. The quantitative estimate of drug-likeness (QED) is 0.735. The van der Waals surface area contributed by atoms with E-state index in [0.717, 1.165) is 33.8 Å². The van der Waals surface area contributed by atoms with Crippen LogP contribution in [0, 0.1) is 12.3 Å². The summed E-state index contributed by atoms with van der Waals surface area (Å²) < 4.78 is 0.900. The number of nitrogens with zero attached hydrogens (tertiary/aromatic N) is 2. The van der Waals surface area contributed by atoms with Crippen molar-refractivity contribution in [3.63, 3.8) is 0 Å². The van der Waals surface area contributed by atoms with Gasteiger partial charge in [0, 0.05) is 38.1 Å². The standard InChI is InChI=1S/C20H27BrN4O/c1-13-7-8-14(19(26)22-5)11-15(13)24-18-17(21)16(9-10-23-18)25(6)12-20(2,3)4/h7-11H,12H2,1-6H3,(H,22,26)(H,23,24). The Morgan fingerprint density at radius 1 is 1.27 bits per heavy atom. The number of nitrogens with one attached hydrogen (secondary N) is 2. The van der Waals surface area contributed by atoms with Gasteiger partial charge < -0.3 is 15.5 Å². The number of anilines is 3. The number of benzene rings is 1. The van der Waals surface area contributed by atoms with Gasteiger partial charge in [0.25, 0.3) is 5.91 Å². The molecule has 0 atom stereocenters. The lowest BCUT2D eigenvalue weighted by molar-refractivity contribution is 0.0963. The molecule has 0 saturated heterocycles. The highest BCUT2D eigenvalue weighted by Gasteiger charge is 2.18. The van der Waals surface area contributed by atoms with E-state index in [1.807, 2.05) is 31.2 Å². The average Bonchev–Trinajstić information content (AvgIpc) is 2.56. The van der Waals surface area contributed by atoms with Crippen LogP contribution in [0.15, 0.2) is 34.9 Å². The molecule has 0 aliphatic rings. The van der Waals surface area contributed by atoms with Gasteiger partial charge in [-0.1, -0.05) is 26.8 Å². The molecule has 6 heteroatoms. The minimum atomic E-state index is -0.112. The predicted octanol–water partition coefficient (Wildman–Crippen LogP) is 4.74. The number of pyridine rings is 1. The highest BCUT2D eigenvalue weighted by molar-refractivity contribution is 9.10. The first-order valence-corrected chi connectivity index (χ1v) is 9.37. The minimum Gasteiger partial charge on any atom is -0.373 e. The maximum absolute atomic E-state index is 11.9. The van der Waals surface area contributed by atoms with Crippen LogP contribution in [0.1, 0.15) is 36.7 Å². The van der Waals surface area contributed by atoms with Crippen LogP contribution < -0.4 is 15.5 Å². The van der Waals surface area contributed by atoms with Crippen molar-refractivity contribution in [2.75, 3.05) is 30.9 Å². The fourth-order valence-electron chi connectivity index (χ4n) is 2.78. The van der Waals surface area contributed by atoms with E-state index in [0.29, 0.717) is 5.56 Å². The lowest BCUT2D eigenvalue weighted by Crippen LogP contribution is -2.29. The van der Waals surface area contributed by atoms with E-state index in [9.17, 15) is 4.79 Å². The van der Waals surface area contributed by atoms with Crippen molar-refractivity contribution in [3.8, 4) is 0 Å². The van der Waals surface area contributed by atoms with Crippen LogP contribution >= 0.6 is 15.9 Å². The Labute approximate surface area is 164 Å². The second-order valence-corrected chi connectivity index (χ2v) is 8.44. The maximum atomic E-state index is 11.9. The van der Waals surface area contributed by atoms with E-state index in [4.69, 9.17) is 0 Å². The van der Waals surface area contributed by atoms with Gasteiger partial charge in [-0.2, -0.15) is 0 Å². The number of rotatable bonds is 5. The number of carbonyl (C=O) groups is 1. The second-order valence-electron chi connectivity index (χ2n) is 7.64. The molecule has 1 aromatic carbocycles. The summed E-state index contributed by atoms with van der Waals surface area (Å²) in [5.41, 5.74) is 3.76. The molecule has 0 aliphatic heterocycles. The second kappa shape index (κ2) is 8.08. The summed E-state index contributed by atoms with van der Waals surface area (Å²) in [6.45, 7) is 9.56. The molecule has 2 rings (SSSR count). The molecule has 2 N–H and O–H groups in total. The van der Waals surface area contributed by atoms with Crippen molar-refractivity contribution in [1.29, 1.82) is 0 Å². The van der Waals surface area contributed by atoms with Gasteiger partial charge >= 0.3 is 0 Å². The first kappa shape index (κ1) is 20.2. The van der Waals surface area contributed by atoms with E-state index in [2.05, 4.69) is 64.3 Å². The van der Waals surface area contributed by atoms with Crippen LogP contribution in [0.2, 0.25) is 0 Å². The summed E-state index contributed by atoms with van der Waals surface area (Å²) >= 11 is 3.69. The van der Waals surface area contributed by atoms with Gasteiger partial charge in [-0.3, -0.25) is 4.79 Å². The number of halogens is 1. The Morgan fingerprint density at radius 2 is 1.96 bits per heavy atom. The van der Waals surface area contributed by atoms with Gasteiger partial charge in [-0.05, 0) is 52.0 Å². The summed E-state index contributed by atoms with van der Waals surface area (Å²) in [7, 11) is 3.70. The number of aromatic nitrogens is 1. The van der Waals surface area contributed by atoms with Crippen molar-refractivity contribution in [3.05, 3.63) is 46.1 Å². The predicted molar refractivity (Wildman–Crippen MR) is 113 cm³/mol. The van der Waals surface area contributed by atoms with Crippen molar-refractivity contribution in [2.24, 2.45) is 5.41 Å². The molecule has 0 unspecified atom stereocenters. The van der Waals surface area contributed by atoms with E-state index in [1.165, 1.54) is 0 Å². The van der Waals surface area contributed by atoms with Crippen LogP contribution in [0.5, 0.6) is 0 Å². The van der Waals surface area contributed by atoms with Crippen molar-refractivity contribution in [1.82, 2.24) is 10.3 Å². The maximum Gasteiger partial charge on any atom is 0.251 e. The number of aryl methyl sites for hydroxylation is 1. The molecule has 26 heavy (non-hydrogen) atoms. The minimum absolute atomic E-state index is 0.112. The lowest BCUT2D eigenvalue weighted by atomic mass is 9.96. The van der Waals surface area contributed by atoms with Gasteiger partial charge in [-0.15, -0.1) is 0 Å². The van der Waals surface area contributed by atoms with Gasteiger partial charge in [-0.25, -0.2) is 4.98 Å². The van der Waals surface area contributed by atoms with Crippen molar-refractivity contribution >= 4 is 39.0 Å².